The summed E-state index contributed by atoms with van der Waals surface area (Å²) in [7, 11) is 5.93. The van der Waals surface area contributed by atoms with Crippen molar-refractivity contribution in [2.75, 3.05) is 0 Å². The third kappa shape index (κ3) is 3.64. The Hall–Kier alpha value is 0.0649. The van der Waals surface area contributed by atoms with E-state index in [-0.39, 0.29) is 11.2 Å². The van der Waals surface area contributed by atoms with Gasteiger partial charge in [0.05, 0.1) is 7.85 Å². The minimum Gasteiger partial charge on any atom is -0.0751 e. The molecule has 0 bridgehead atoms. The van der Waals surface area contributed by atoms with Gasteiger partial charge in [-0.1, -0.05) is 53.8 Å². The van der Waals surface area contributed by atoms with Crippen LogP contribution in [0.3, 0.4) is 0 Å². The summed E-state index contributed by atoms with van der Waals surface area (Å²) in [4.78, 5) is 0. The second-order valence-electron chi connectivity index (χ2n) is 5.47. The molecule has 0 heterocycles. The molecule has 0 aliphatic carbocycles. The van der Waals surface area contributed by atoms with Gasteiger partial charge in [0.1, 0.15) is 0 Å². The van der Waals surface area contributed by atoms with Crippen molar-refractivity contribution < 1.29 is 0 Å². The Balaban J connectivity index is 4.23. The average Bonchev–Trinajstić information content (AvgIpc) is 1.85. The van der Waals surface area contributed by atoms with Crippen LogP contribution >= 0.6 is 0 Å². The molecule has 0 aliphatic rings. The Morgan fingerprint density at radius 2 is 1.58 bits per heavy atom. The van der Waals surface area contributed by atoms with E-state index in [4.69, 9.17) is 7.85 Å². The Morgan fingerprint density at radius 3 is 1.83 bits per heavy atom. The van der Waals surface area contributed by atoms with Crippen LogP contribution in [0.15, 0.2) is 0 Å². The van der Waals surface area contributed by atoms with Crippen molar-refractivity contribution in [2.45, 2.75) is 60.2 Å². The van der Waals surface area contributed by atoms with E-state index < -0.39 is 0 Å². The van der Waals surface area contributed by atoms with Crippen LogP contribution < -0.4 is 0 Å². The Bertz CT molecular complexity index is 134. The summed E-state index contributed by atoms with van der Waals surface area (Å²) in [5.41, 5.74) is 0.691. The topological polar surface area (TPSA) is 0 Å². The van der Waals surface area contributed by atoms with E-state index in [1.54, 1.807) is 0 Å². The zero-order chi connectivity index (χ0) is 9.99. The minimum absolute atomic E-state index is 0.263. The van der Waals surface area contributed by atoms with Crippen molar-refractivity contribution in [2.24, 2.45) is 10.8 Å². The maximum Gasteiger partial charge on any atom is 0.0703 e. The van der Waals surface area contributed by atoms with Gasteiger partial charge in [-0.05, 0) is 17.3 Å². The Morgan fingerprint density at radius 1 is 1.17 bits per heavy atom. The van der Waals surface area contributed by atoms with E-state index in [0.29, 0.717) is 5.41 Å². The highest BCUT2D eigenvalue weighted by atomic mass is 14.3. The van der Waals surface area contributed by atoms with E-state index in [9.17, 15) is 0 Å². The van der Waals surface area contributed by atoms with E-state index in [1.165, 1.54) is 12.8 Å². The van der Waals surface area contributed by atoms with Crippen molar-refractivity contribution in [3.05, 3.63) is 0 Å². The van der Waals surface area contributed by atoms with Gasteiger partial charge in [0.15, 0.2) is 0 Å². The molecule has 0 saturated carbocycles. The Kier molecular flexibility index (Phi) is 3.87. The van der Waals surface area contributed by atoms with Crippen LogP contribution in [-0.4, -0.2) is 7.85 Å². The molecule has 1 atom stereocenters. The standard InChI is InChI=1S/C11H23B/c1-7-10(3,4)8-11(5,6)9(2)12/h9H,7-8H2,1-6H3. The number of hydrogen-bond donors (Lipinski definition) is 0. The first-order chi connectivity index (χ1) is 5.21. The largest absolute Gasteiger partial charge is 0.0751 e. The summed E-state index contributed by atoms with van der Waals surface area (Å²) in [5.74, 6) is 0.281. The molecule has 0 aliphatic heterocycles. The fourth-order valence-electron chi connectivity index (χ4n) is 1.52. The van der Waals surface area contributed by atoms with Gasteiger partial charge >= 0.3 is 0 Å². The fraction of sp³-hybridized carbons (Fsp3) is 1.00. The maximum absolute atomic E-state index is 5.93. The second-order valence-corrected chi connectivity index (χ2v) is 5.47. The molecule has 0 aromatic heterocycles. The third-order valence-electron chi connectivity index (χ3n) is 3.12. The monoisotopic (exact) mass is 166 g/mol. The van der Waals surface area contributed by atoms with Gasteiger partial charge in [-0.15, -0.1) is 0 Å². The van der Waals surface area contributed by atoms with Crippen molar-refractivity contribution in [1.82, 2.24) is 0 Å². The maximum atomic E-state index is 5.93. The van der Waals surface area contributed by atoms with Gasteiger partial charge in [-0.25, -0.2) is 0 Å². The highest BCUT2D eigenvalue weighted by Crippen LogP contribution is 2.41. The van der Waals surface area contributed by atoms with Gasteiger partial charge in [-0.2, -0.15) is 0 Å². The highest BCUT2D eigenvalue weighted by molar-refractivity contribution is 6.11. The van der Waals surface area contributed by atoms with Gasteiger partial charge in [0.25, 0.3) is 0 Å². The molecule has 0 aromatic carbocycles. The molecule has 1 unspecified atom stereocenters. The van der Waals surface area contributed by atoms with Crippen molar-refractivity contribution in [3.63, 3.8) is 0 Å². The molecule has 0 spiro atoms. The van der Waals surface area contributed by atoms with E-state index in [0.717, 1.165) is 0 Å². The summed E-state index contributed by atoms with van der Waals surface area (Å²) in [6.45, 7) is 13.5. The smallest absolute Gasteiger partial charge is 0.0703 e. The molecular weight excluding hydrogens is 143 g/mol. The lowest BCUT2D eigenvalue weighted by atomic mass is 9.62. The fourth-order valence-corrected chi connectivity index (χ4v) is 1.52. The van der Waals surface area contributed by atoms with Crippen LogP contribution in [0.2, 0.25) is 5.82 Å². The molecule has 0 N–H and O–H groups in total. The predicted molar refractivity (Wildman–Crippen MR) is 57.6 cm³/mol. The molecule has 0 saturated heterocycles. The first-order valence-electron chi connectivity index (χ1n) is 4.97. The predicted octanol–water partition coefficient (Wildman–Crippen LogP) is 3.82. The van der Waals surface area contributed by atoms with Gasteiger partial charge in [0, 0.05) is 0 Å². The minimum atomic E-state index is 0.263. The molecule has 0 fully saturated rings. The molecule has 12 heavy (non-hydrogen) atoms. The van der Waals surface area contributed by atoms with Crippen LogP contribution in [0.1, 0.15) is 54.4 Å². The van der Waals surface area contributed by atoms with Crippen LogP contribution in [0.25, 0.3) is 0 Å². The van der Waals surface area contributed by atoms with Crippen LogP contribution in [0.5, 0.6) is 0 Å². The first-order valence-corrected chi connectivity index (χ1v) is 4.97. The lowest BCUT2D eigenvalue weighted by Gasteiger charge is -2.37. The lowest BCUT2D eigenvalue weighted by molar-refractivity contribution is 0.184. The number of rotatable bonds is 4. The zero-order valence-electron chi connectivity index (χ0n) is 9.57. The molecule has 0 nitrogen and oxygen atoms in total. The van der Waals surface area contributed by atoms with Gasteiger partial charge in [-0.3, -0.25) is 0 Å². The summed E-state index contributed by atoms with van der Waals surface area (Å²) in [5, 5.41) is 0. The van der Waals surface area contributed by atoms with Gasteiger partial charge in [0.2, 0.25) is 0 Å². The highest BCUT2D eigenvalue weighted by Gasteiger charge is 2.29. The summed E-state index contributed by atoms with van der Waals surface area (Å²) < 4.78 is 0. The first kappa shape index (κ1) is 12.1. The molecular formula is C11H23B. The van der Waals surface area contributed by atoms with E-state index in [1.807, 2.05) is 0 Å². The third-order valence-corrected chi connectivity index (χ3v) is 3.12. The zero-order valence-corrected chi connectivity index (χ0v) is 9.57. The van der Waals surface area contributed by atoms with Crippen molar-refractivity contribution in [3.8, 4) is 0 Å². The Labute approximate surface area is 79.5 Å². The number of hydrogen-bond acceptors (Lipinski definition) is 0. The van der Waals surface area contributed by atoms with Crippen molar-refractivity contribution >= 4 is 7.85 Å². The van der Waals surface area contributed by atoms with Gasteiger partial charge < -0.3 is 0 Å². The summed E-state index contributed by atoms with van der Waals surface area (Å²) >= 11 is 0. The molecule has 70 valence electrons. The van der Waals surface area contributed by atoms with Crippen molar-refractivity contribution in [1.29, 1.82) is 0 Å². The average molecular weight is 166 g/mol. The molecule has 0 aromatic rings. The summed E-state index contributed by atoms with van der Waals surface area (Å²) in [6, 6.07) is 0. The molecule has 2 radical (unpaired) electrons. The lowest BCUT2D eigenvalue weighted by Crippen LogP contribution is -2.25. The molecule has 0 amide bonds. The SMILES string of the molecule is [B]C(C)C(C)(C)CC(C)(C)CC. The van der Waals surface area contributed by atoms with Crippen LogP contribution in [0, 0.1) is 10.8 Å². The van der Waals surface area contributed by atoms with E-state index >= 15 is 0 Å². The van der Waals surface area contributed by atoms with Crippen LogP contribution in [-0.2, 0) is 0 Å². The quantitative estimate of drug-likeness (QED) is 0.557. The van der Waals surface area contributed by atoms with E-state index in [2.05, 4.69) is 41.5 Å². The second kappa shape index (κ2) is 3.85. The molecule has 1 heteroatoms. The normalized spacial score (nSPS) is 16.2. The summed E-state index contributed by atoms with van der Waals surface area (Å²) in [6.07, 6.45) is 2.43. The molecule has 0 rings (SSSR count). The van der Waals surface area contributed by atoms with Crippen LogP contribution in [0.4, 0.5) is 0 Å².